The fourth-order valence-electron chi connectivity index (χ4n) is 3.14. The maximum atomic E-state index is 13.1. The van der Waals surface area contributed by atoms with Crippen LogP contribution in [-0.4, -0.2) is 38.5 Å². The first-order chi connectivity index (χ1) is 15.3. The van der Waals surface area contributed by atoms with Crippen LogP contribution in [0.25, 0.3) is 6.08 Å². The van der Waals surface area contributed by atoms with E-state index in [0.717, 1.165) is 0 Å². The second kappa shape index (κ2) is 9.89. The highest BCUT2D eigenvalue weighted by molar-refractivity contribution is 6.42. The zero-order chi connectivity index (χ0) is 23.4. The first kappa shape index (κ1) is 23.4. The smallest absolute Gasteiger partial charge is 0.343 e. The van der Waals surface area contributed by atoms with Crippen LogP contribution in [0, 0.1) is 0 Å². The molecule has 7 nitrogen and oxygen atoms in total. The summed E-state index contributed by atoms with van der Waals surface area (Å²) in [6, 6.07) is 11.6. The van der Waals surface area contributed by atoms with E-state index in [2.05, 4.69) is 4.74 Å². The van der Waals surface area contributed by atoms with Crippen molar-refractivity contribution < 1.29 is 28.6 Å². The summed E-state index contributed by atoms with van der Waals surface area (Å²) >= 11 is 12.2. The number of allylic oxidation sites excluding steroid dienone is 2. The summed E-state index contributed by atoms with van der Waals surface area (Å²) in [5.41, 5.74) is 1.81. The van der Waals surface area contributed by atoms with Crippen LogP contribution in [0.2, 0.25) is 10.0 Å². The fraction of sp³-hybridized carbons (Fsp3) is 0.174. The van der Waals surface area contributed by atoms with Crippen molar-refractivity contribution in [3.8, 4) is 5.75 Å². The molecule has 0 saturated heterocycles. The molecule has 9 heteroatoms. The molecule has 3 rings (SSSR count). The molecule has 0 fully saturated rings. The Hall–Kier alpha value is -3.29. The summed E-state index contributed by atoms with van der Waals surface area (Å²) in [5.74, 6) is -1.25. The number of ether oxygens (including phenoxy) is 3. The summed E-state index contributed by atoms with van der Waals surface area (Å²) in [6.45, 7) is 1.43. The predicted octanol–water partition coefficient (Wildman–Crippen LogP) is 4.42. The van der Waals surface area contributed by atoms with Gasteiger partial charge >= 0.3 is 11.9 Å². The largest absolute Gasteiger partial charge is 0.482 e. The van der Waals surface area contributed by atoms with Crippen LogP contribution in [0.3, 0.4) is 0 Å². The topological polar surface area (TPSA) is 82.1 Å². The number of Topliss-reactive ketones (excluding diaryl/α,β-unsaturated/α-hetero) is 1. The molecule has 1 aliphatic rings. The number of rotatable bonds is 6. The lowest BCUT2D eigenvalue weighted by Gasteiger charge is -2.22. The molecule has 0 radical (unpaired) electrons. The SMILES string of the molecule is COC(=O)COc1ccc(/C=C2\C(=O)C(C(=O)OC)=C(C)N2c2ccc(Cl)c(Cl)c2)cc1. The van der Waals surface area contributed by atoms with Crippen LogP contribution >= 0.6 is 23.2 Å². The Kier molecular flexibility index (Phi) is 7.22. The van der Waals surface area contributed by atoms with Gasteiger partial charge in [0.1, 0.15) is 11.3 Å². The number of nitrogens with zero attached hydrogens (tertiary/aromatic N) is 1. The molecule has 0 bridgehead atoms. The monoisotopic (exact) mass is 475 g/mol. The Morgan fingerprint density at radius 3 is 2.28 bits per heavy atom. The molecule has 1 heterocycles. The zero-order valence-corrected chi connectivity index (χ0v) is 19.0. The Morgan fingerprint density at radius 2 is 1.69 bits per heavy atom. The molecule has 0 spiro atoms. The number of hydrogen-bond acceptors (Lipinski definition) is 7. The summed E-state index contributed by atoms with van der Waals surface area (Å²) < 4.78 is 14.7. The van der Waals surface area contributed by atoms with E-state index in [4.69, 9.17) is 32.7 Å². The van der Waals surface area contributed by atoms with Crippen molar-refractivity contribution in [1.82, 2.24) is 0 Å². The molecule has 0 atom stereocenters. The average molecular weight is 476 g/mol. The average Bonchev–Trinajstić information content (AvgIpc) is 3.03. The highest BCUT2D eigenvalue weighted by atomic mass is 35.5. The second-order valence-electron chi connectivity index (χ2n) is 6.68. The molecule has 2 aromatic rings. The van der Waals surface area contributed by atoms with Gasteiger partial charge in [0.2, 0.25) is 5.78 Å². The van der Waals surface area contributed by atoms with E-state index >= 15 is 0 Å². The first-order valence-corrected chi connectivity index (χ1v) is 10.1. The molecule has 0 aliphatic carbocycles. The molecule has 0 aromatic heterocycles. The Morgan fingerprint density at radius 1 is 1.00 bits per heavy atom. The summed E-state index contributed by atoms with van der Waals surface area (Å²) in [7, 11) is 2.49. The van der Waals surface area contributed by atoms with Crippen LogP contribution < -0.4 is 9.64 Å². The minimum atomic E-state index is -0.729. The van der Waals surface area contributed by atoms with Gasteiger partial charge in [-0.25, -0.2) is 9.59 Å². The first-order valence-electron chi connectivity index (χ1n) is 9.37. The summed E-state index contributed by atoms with van der Waals surface area (Å²) in [5, 5.41) is 0.672. The number of hydrogen-bond donors (Lipinski definition) is 0. The van der Waals surface area contributed by atoms with Crippen LogP contribution in [0.1, 0.15) is 12.5 Å². The molecule has 1 aliphatic heterocycles. The van der Waals surface area contributed by atoms with E-state index in [0.29, 0.717) is 32.7 Å². The Bertz CT molecular complexity index is 1140. The Labute approximate surface area is 194 Å². The molecule has 0 saturated carbocycles. The number of ketones is 1. The second-order valence-corrected chi connectivity index (χ2v) is 7.49. The van der Waals surface area contributed by atoms with Gasteiger partial charge in [0.25, 0.3) is 0 Å². The molecular weight excluding hydrogens is 457 g/mol. The van der Waals surface area contributed by atoms with Crippen LogP contribution in [-0.2, 0) is 23.9 Å². The zero-order valence-electron chi connectivity index (χ0n) is 17.5. The van der Waals surface area contributed by atoms with E-state index in [1.54, 1.807) is 60.4 Å². The lowest BCUT2D eigenvalue weighted by atomic mass is 10.1. The molecule has 2 aromatic carbocycles. The van der Waals surface area contributed by atoms with Crippen molar-refractivity contribution in [2.75, 3.05) is 25.7 Å². The third-order valence-corrected chi connectivity index (χ3v) is 5.46. The lowest BCUT2D eigenvalue weighted by molar-refractivity contribution is -0.143. The quantitative estimate of drug-likeness (QED) is 0.347. The minimum Gasteiger partial charge on any atom is -0.482 e. The van der Waals surface area contributed by atoms with Gasteiger partial charge in [-0.05, 0) is 48.9 Å². The Balaban J connectivity index is 1.99. The van der Waals surface area contributed by atoms with Crippen molar-refractivity contribution in [2.24, 2.45) is 0 Å². The van der Waals surface area contributed by atoms with Gasteiger partial charge in [-0.3, -0.25) is 4.79 Å². The number of benzene rings is 2. The van der Waals surface area contributed by atoms with Crippen LogP contribution in [0.15, 0.2) is 59.4 Å². The summed E-state index contributed by atoms with van der Waals surface area (Å²) in [6.07, 6.45) is 1.63. The van der Waals surface area contributed by atoms with Crippen molar-refractivity contribution in [3.05, 3.63) is 75.0 Å². The molecule has 0 unspecified atom stereocenters. The fourth-order valence-corrected chi connectivity index (χ4v) is 3.43. The van der Waals surface area contributed by atoms with Crippen molar-refractivity contribution in [2.45, 2.75) is 6.92 Å². The van der Waals surface area contributed by atoms with Gasteiger partial charge in [0, 0.05) is 11.4 Å². The molecular formula is C23H19Cl2NO6. The van der Waals surface area contributed by atoms with Gasteiger partial charge in [-0.2, -0.15) is 0 Å². The van der Waals surface area contributed by atoms with E-state index in [1.807, 2.05) is 0 Å². The van der Waals surface area contributed by atoms with Gasteiger partial charge in [-0.1, -0.05) is 35.3 Å². The van der Waals surface area contributed by atoms with Gasteiger partial charge in [-0.15, -0.1) is 0 Å². The molecule has 32 heavy (non-hydrogen) atoms. The van der Waals surface area contributed by atoms with E-state index in [9.17, 15) is 14.4 Å². The number of esters is 2. The summed E-state index contributed by atoms with van der Waals surface area (Å²) in [4.78, 5) is 38.2. The van der Waals surface area contributed by atoms with E-state index in [1.165, 1.54) is 14.2 Å². The van der Waals surface area contributed by atoms with Gasteiger partial charge in [0.05, 0.1) is 30.0 Å². The molecule has 0 N–H and O–H groups in total. The highest BCUT2D eigenvalue weighted by Gasteiger charge is 2.38. The van der Waals surface area contributed by atoms with Crippen LogP contribution in [0.5, 0.6) is 5.75 Å². The van der Waals surface area contributed by atoms with Crippen LogP contribution in [0.4, 0.5) is 5.69 Å². The standard InChI is InChI=1S/C23H19Cl2NO6/c1-13-21(23(29)31-3)22(28)19(26(13)15-6-9-17(24)18(25)11-15)10-14-4-7-16(8-5-14)32-12-20(27)30-2/h4-11H,12H2,1-3H3/b19-10+. The number of anilines is 1. The number of halogens is 2. The molecule has 0 amide bonds. The van der Waals surface area contributed by atoms with Gasteiger partial charge < -0.3 is 19.1 Å². The maximum Gasteiger partial charge on any atom is 0.343 e. The van der Waals surface area contributed by atoms with Crippen molar-refractivity contribution in [3.63, 3.8) is 0 Å². The van der Waals surface area contributed by atoms with E-state index in [-0.39, 0.29) is 17.9 Å². The third-order valence-electron chi connectivity index (χ3n) is 4.72. The minimum absolute atomic E-state index is 0.0668. The van der Waals surface area contributed by atoms with Gasteiger partial charge in [0.15, 0.2) is 6.61 Å². The highest BCUT2D eigenvalue weighted by Crippen LogP contribution is 2.38. The third kappa shape index (κ3) is 4.79. The predicted molar refractivity (Wildman–Crippen MR) is 121 cm³/mol. The van der Waals surface area contributed by atoms with Crippen molar-refractivity contribution >= 4 is 52.7 Å². The normalized spacial score (nSPS) is 14.7. The molecule has 166 valence electrons. The number of carbonyl (C=O) groups is 3. The van der Waals surface area contributed by atoms with Crippen molar-refractivity contribution in [1.29, 1.82) is 0 Å². The number of carbonyl (C=O) groups excluding carboxylic acids is 3. The lowest BCUT2D eigenvalue weighted by Crippen LogP contribution is -2.18. The maximum absolute atomic E-state index is 13.1. The van der Waals surface area contributed by atoms with E-state index < -0.39 is 17.7 Å². The number of methoxy groups -OCH3 is 2.